The first-order valence-corrected chi connectivity index (χ1v) is 11.7. The van der Waals surface area contributed by atoms with Gasteiger partial charge in [-0.3, -0.25) is 19.2 Å². The Balaban J connectivity index is 1.59. The second kappa shape index (κ2) is 11.1. The molecular formula is C24H34N4O4. The Hall–Kier alpha value is -2.90. The van der Waals surface area contributed by atoms with Gasteiger partial charge in [-0.25, -0.2) is 0 Å². The van der Waals surface area contributed by atoms with E-state index in [0.717, 1.165) is 25.7 Å². The fourth-order valence-corrected chi connectivity index (χ4v) is 4.34. The maximum absolute atomic E-state index is 12.9. The predicted octanol–water partition coefficient (Wildman–Crippen LogP) is 1.95. The molecule has 32 heavy (non-hydrogen) atoms. The number of likely N-dealkylation sites (tertiary alicyclic amines) is 2. The van der Waals surface area contributed by atoms with Crippen LogP contribution in [0.2, 0.25) is 0 Å². The van der Waals surface area contributed by atoms with Gasteiger partial charge in [0.2, 0.25) is 11.8 Å². The fourth-order valence-electron chi connectivity index (χ4n) is 4.34. The summed E-state index contributed by atoms with van der Waals surface area (Å²) in [7, 11) is 0. The number of nitrogens with one attached hydrogen (secondary N) is 2. The molecule has 8 heteroatoms. The number of carbonyl (C=O) groups is 4. The van der Waals surface area contributed by atoms with Crippen molar-refractivity contribution in [2.45, 2.75) is 64.5 Å². The summed E-state index contributed by atoms with van der Waals surface area (Å²) < 4.78 is 0. The molecule has 0 radical (unpaired) electrons. The summed E-state index contributed by atoms with van der Waals surface area (Å²) in [5, 5.41) is 5.95. The van der Waals surface area contributed by atoms with Gasteiger partial charge >= 0.3 is 0 Å². The van der Waals surface area contributed by atoms with Crippen LogP contribution in [0.1, 0.15) is 73.1 Å². The van der Waals surface area contributed by atoms with Crippen LogP contribution in [0.4, 0.5) is 0 Å². The van der Waals surface area contributed by atoms with Gasteiger partial charge < -0.3 is 20.4 Å². The first-order chi connectivity index (χ1) is 15.4. The third-order valence-electron chi connectivity index (χ3n) is 6.17. The quantitative estimate of drug-likeness (QED) is 0.703. The van der Waals surface area contributed by atoms with Crippen LogP contribution in [0, 0.1) is 0 Å². The molecule has 0 aromatic heterocycles. The SMILES string of the molecule is CCC(=O)NC1CCCN(C(=O)c2ccc(C(=O)N3CCCC(NC(=O)CC)C3)cc2)C1. The molecule has 0 spiro atoms. The molecule has 2 atom stereocenters. The number of carbonyl (C=O) groups excluding carboxylic acids is 4. The number of hydrogen-bond donors (Lipinski definition) is 2. The van der Waals surface area contributed by atoms with E-state index in [0.29, 0.717) is 50.1 Å². The molecule has 2 saturated heterocycles. The number of amides is 4. The molecule has 2 fully saturated rings. The second-order valence-electron chi connectivity index (χ2n) is 8.60. The lowest BCUT2D eigenvalue weighted by Gasteiger charge is -2.33. The highest BCUT2D eigenvalue weighted by atomic mass is 16.2. The number of rotatable bonds is 6. The van der Waals surface area contributed by atoms with E-state index in [4.69, 9.17) is 0 Å². The molecule has 8 nitrogen and oxygen atoms in total. The van der Waals surface area contributed by atoms with Crippen molar-refractivity contribution in [1.82, 2.24) is 20.4 Å². The number of hydrogen-bond acceptors (Lipinski definition) is 4. The van der Waals surface area contributed by atoms with E-state index >= 15 is 0 Å². The topological polar surface area (TPSA) is 98.8 Å². The summed E-state index contributed by atoms with van der Waals surface area (Å²) in [5.74, 6) is -0.165. The Morgan fingerprint density at radius 2 is 1.12 bits per heavy atom. The van der Waals surface area contributed by atoms with Crippen molar-refractivity contribution in [1.29, 1.82) is 0 Å². The molecule has 174 valence electrons. The van der Waals surface area contributed by atoms with Gasteiger partial charge in [0.1, 0.15) is 0 Å². The van der Waals surface area contributed by atoms with Gasteiger partial charge in [-0.1, -0.05) is 13.8 Å². The van der Waals surface area contributed by atoms with Crippen LogP contribution in [0.3, 0.4) is 0 Å². The first-order valence-electron chi connectivity index (χ1n) is 11.7. The molecule has 0 bridgehead atoms. The van der Waals surface area contributed by atoms with E-state index in [1.54, 1.807) is 34.1 Å². The van der Waals surface area contributed by atoms with E-state index in [1.165, 1.54) is 0 Å². The highest BCUT2D eigenvalue weighted by Gasteiger charge is 2.27. The number of benzene rings is 1. The molecular weight excluding hydrogens is 408 g/mol. The van der Waals surface area contributed by atoms with Crippen LogP contribution in [0.25, 0.3) is 0 Å². The third-order valence-corrected chi connectivity index (χ3v) is 6.17. The molecule has 3 rings (SSSR count). The summed E-state index contributed by atoms with van der Waals surface area (Å²) in [6.07, 6.45) is 4.31. The van der Waals surface area contributed by atoms with Crippen molar-refractivity contribution in [3.63, 3.8) is 0 Å². The largest absolute Gasteiger partial charge is 0.352 e. The summed E-state index contributed by atoms with van der Waals surface area (Å²) >= 11 is 0. The Morgan fingerprint density at radius 1 is 0.750 bits per heavy atom. The molecule has 2 unspecified atom stereocenters. The lowest BCUT2D eigenvalue weighted by atomic mass is 10.0. The normalized spacial score (nSPS) is 21.1. The fraction of sp³-hybridized carbons (Fsp3) is 0.583. The minimum absolute atomic E-state index is 0.00127. The van der Waals surface area contributed by atoms with Gasteiger partial charge in [0.15, 0.2) is 0 Å². The van der Waals surface area contributed by atoms with Crippen molar-refractivity contribution in [2.24, 2.45) is 0 Å². The maximum Gasteiger partial charge on any atom is 0.253 e. The van der Waals surface area contributed by atoms with Gasteiger partial charge in [-0.2, -0.15) is 0 Å². The summed E-state index contributed by atoms with van der Waals surface area (Å²) in [5.41, 5.74) is 1.08. The standard InChI is InChI=1S/C24H34N4O4/c1-3-21(29)25-19-7-5-13-27(15-19)23(31)17-9-11-18(12-10-17)24(32)28-14-6-8-20(16-28)26-22(30)4-2/h9-12,19-20H,3-8,13-16H2,1-2H3,(H,25,29)(H,26,30). The highest BCUT2D eigenvalue weighted by Crippen LogP contribution is 2.17. The van der Waals surface area contributed by atoms with E-state index < -0.39 is 0 Å². The van der Waals surface area contributed by atoms with Crippen molar-refractivity contribution in [3.8, 4) is 0 Å². The average Bonchev–Trinajstić information content (AvgIpc) is 2.83. The van der Waals surface area contributed by atoms with E-state index in [9.17, 15) is 19.2 Å². The second-order valence-corrected chi connectivity index (χ2v) is 8.60. The van der Waals surface area contributed by atoms with Crippen LogP contribution >= 0.6 is 0 Å². The molecule has 4 amide bonds. The Morgan fingerprint density at radius 3 is 1.47 bits per heavy atom. The van der Waals surface area contributed by atoms with Crippen LogP contribution < -0.4 is 10.6 Å². The molecule has 1 aromatic carbocycles. The van der Waals surface area contributed by atoms with E-state index in [-0.39, 0.29) is 35.7 Å². The maximum atomic E-state index is 12.9. The number of nitrogens with zero attached hydrogens (tertiary/aromatic N) is 2. The lowest BCUT2D eigenvalue weighted by Crippen LogP contribution is -2.49. The van der Waals surface area contributed by atoms with Gasteiger partial charge in [0, 0.05) is 62.2 Å². The smallest absolute Gasteiger partial charge is 0.253 e. The minimum atomic E-state index is -0.0836. The van der Waals surface area contributed by atoms with Crippen molar-refractivity contribution >= 4 is 23.6 Å². The van der Waals surface area contributed by atoms with Crippen molar-refractivity contribution < 1.29 is 19.2 Å². The summed E-state index contributed by atoms with van der Waals surface area (Å²) in [6, 6.07) is 6.77. The summed E-state index contributed by atoms with van der Waals surface area (Å²) in [6.45, 7) is 5.96. The molecule has 2 N–H and O–H groups in total. The Labute approximate surface area is 189 Å². The molecule has 1 aromatic rings. The Bertz CT molecular complexity index is 770. The van der Waals surface area contributed by atoms with E-state index in [1.807, 2.05) is 13.8 Å². The van der Waals surface area contributed by atoms with Gasteiger partial charge in [0.25, 0.3) is 11.8 Å². The molecule has 0 aliphatic carbocycles. The number of piperidine rings is 2. The lowest BCUT2D eigenvalue weighted by molar-refractivity contribution is -0.122. The third kappa shape index (κ3) is 6.08. The van der Waals surface area contributed by atoms with Crippen LogP contribution in [-0.4, -0.2) is 71.7 Å². The predicted molar refractivity (Wildman–Crippen MR) is 121 cm³/mol. The van der Waals surface area contributed by atoms with Gasteiger partial charge in [0.05, 0.1) is 0 Å². The van der Waals surface area contributed by atoms with Crippen LogP contribution in [0.5, 0.6) is 0 Å². The van der Waals surface area contributed by atoms with Crippen molar-refractivity contribution in [2.75, 3.05) is 26.2 Å². The molecule has 2 heterocycles. The van der Waals surface area contributed by atoms with Gasteiger partial charge in [-0.05, 0) is 49.9 Å². The molecule has 0 saturated carbocycles. The van der Waals surface area contributed by atoms with Gasteiger partial charge in [-0.15, -0.1) is 0 Å². The van der Waals surface area contributed by atoms with Crippen LogP contribution in [0.15, 0.2) is 24.3 Å². The monoisotopic (exact) mass is 442 g/mol. The molecule has 2 aliphatic rings. The zero-order valence-corrected chi connectivity index (χ0v) is 19.1. The van der Waals surface area contributed by atoms with Crippen LogP contribution in [-0.2, 0) is 9.59 Å². The van der Waals surface area contributed by atoms with Crippen molar-refractivity contribution in [3.05, 3.63) is 35.4 Å². The molecule has 2 aliphatic heterocycles. The summed E-state index contributed by atoms with van der Waals surface area (Å²) in [4.78, 5) is 52.8. The zero-order chi connectivity index (χ0) is 23.1. The van der Waals surface area contributed by atoms with E-state index in [2.05, 4.69) is 10.6 Å². The highest BCUT2D eigenvalue weighted by molar-refractivity contribution is 5.98. The zero-order valence-electron chi connectivity index (χ0n) is 19.1. The first kappa shape index (κ1) is 23.8. The minimum Gasteiger partial charge on any atom is -0.352 e. The Kier molecular flexibility index (Phi) is 8.25. The average molecular weight is 443 g/mol.